The average molecular weight is 264 g/mol. The first-order valence-corrected chi connectivity index (χ1v) is 7.62. The predicted octanol–water partition coefficient (Wildman–Crippen LogP) is 5.68. The lowest BCUT2D eigenvalue weighted by Crippen LogP contribution is -2.08. The van der Waals surface area contributed by atoms with Gasteiger partial charge >= 0.3 is 0 Å². The van der Waals surface area contributed by atoms with Crippen LogP contribution in [-0.4, -0.2) is 0 Å². The van der Waals surface area contributed by atoms with Gasteiger partial charge in [-0.05, 0) is 51.6 Å². The van der Waals surface area contributed by atoms with Gasteiger partial charge in [0.1, 0.15) is 0 Å². The van der Waals surface area contributed by atoms with Crippen LogP contribution in [-0.2, 0) is 11.8 Å². The van der Waals surface area contributed by atoms with E-state index in [2.05, 4.69) is 71.0 Å². The summed E-state index contributed by atoms with van der Waals surface area (Å²) in [4.78, 5) is 0. The fraction of sp³-hybridized carbons (Fsp3) is 0.400. The molecule has 0 saturated carbocycles. The normalized spacial score (nSPS) is 14.8. The summed E-state index contributed by atoms with van der Waals surface area (Å²) in [5.41, 5.74) is 8.83. The van der Waals surface area contributed by atoms with Crippen molar-refractivity contribution >= 4 is 6.08 Å². The van der Waals surface area contributed by atoms with E-state index in [4.69, 9.17) is 0 Å². The molecule has 104 valence electrons. The van der Waals surface area contributed by atoms with E-state index in [0.29, 0.717) is 5.92 Å². The number of hydrogen-bond acceptors (Lipinski definition) is 0. The minimum absolute atomic E-state index is 0.222. The Hall–Kier alpha value is -1.56. The Morgan fingerprint density at radius 1 is 0.950 bits per heavy atom. The fourth-order valence-electron chi connectivity index (χ4n) is 2.93. The van der Waals surface area contributed by atoms with E-state index >= 15 is 0 Å². The van der Waals surface area contributed by atoms with Crippen molar-refractivity contribution < 1.29 is 0 Å². The lowest BCUT2D eigenvalue weighted by molar-refractivity contribution is 0.592. The minimum atomic E-state index is 0.222. The second-order valence-electron chi connectivity index (χ2n) is 7.41. The lowest BCUT2D eigenvalue weighted by Gasteiger charge is -2.16. The molecule has 0 aromatic rings. The molecular formula is C20H24. The van der Waals surface area contributed by atoms with Crippen LogP contribution in [0.25, 0.3) is 17.2 Å². The van der Waals surface area contributed by atoms with Gasteiger partial charge in [-0.3, -0.25) is 0 Å². The van der Waals surface area contributed by atoms with Gasteiger partial charge in [0.25, 0.3) is 0 Å². The van der Waals surface area contributed by atoms with Gasteiger partial charge in [-0.1, -0.05) is 70.5 Å². The van der Waals surface area contributed by atoms with Crippen LogP contribution in [0.15, 0.2) is 35.9 Å². The van der Waals surface area contributed by atoms with Gasteiger partial charge in [-0.2, -0.15) is 0 Å². The predicted molar refractivity (Wildman–Crippen MR) is 88.3 cm³/mol. The third kappa shape index (κ3) is 2.28. The molecule has 0 N–H and O–H groups in total. The van der Waals surface area contributed by atoms with Gasteiger partial charge in [0.15, 0.2) is 0 Å². The van der Waals surface area contributed by atoms with Crippen LogP contribution in [0.2, 0.25) is 0 Å². The quantitative estimate of drug-likeness (QED) is 0.621. The number of allylic oxidation sites excluding steroid dienone is 1. The molecule has 0 saturated heterocycles. The number of hydrogen-bond donors (Lipinski definition) is 0. The van der Waals surface area contributed by atoms with E-state index in [-0.39, 0.29) is 5.41 Å². The van der Waals surface area contributed by atoms with Crippen molar-refractivity contribution in [1.29, 1.82) is 0 Å². The second-order valence-corrected chi connectivity index (χ2v) is 7.41. The molecule has 20 heavy (non-hydrogen) atoms. The standard InChI is InChI=1S/C20H24/c1-13(2)16-8-14-6-7-15-11-19(20(3,4)5)12-18(15)10-17(14)9-16/h6-7,9-13H,8H2,1-5H3. The molecule has 0 unspecified atom stereocenters. The van der Waals surface area contributed by atoms with E-state index in [1.165, 1.54) is 27.8 Å². The summed E-state index contributed by atoms with van der Waals surface area (Å²) < 4.78 is 0. The largest absolute Gasteiger partial charge is 0.0626 e. The summed E-state index contributed by atoms with van der Waals surface area (Å²) in [6, 6.07) is 11.7. The van der Waals surface area contributed by atoms with Crippen LogP contribution >= 0.6 is 0 Å². The van der Waals surface area contributed by atoms with E-state index in [9.17, 15) is 0 Å². The first-order chi connectivity index (χ1) is 9.34. The maximum atomic E-state index is 2.39. The summed E-state index contributed by atoms with van der Waals surface area (Å²) in [5, 5.41) is 0. The highest BCUT2D eigenvalue weighted by Gasteiger charge is 2.20. The maximum Gasteiger partial charge on any atom is -0.00553 e. The van der Waals surface area contributed by atoms with Crippen molar-refractivity contribution in [2.75, 3.05) is 0 Å². The van der Waals surface area contributed by atoms with Crippen LogP contribution < -0.4 is 0 Å². The maximum absolute atomic E-state index is 2.39. The molecule has 0 spiro atoms. The van der Waals surface area contributed by atoms with Gasteiger partial charge in [-0.15, -0.1) is 0 Å². The van der Waals surface area contributed by atoms with Crippen LogP contribution in [0, 0.1) is 5.92 Å². The molecular weight excluding hydrogens is 240 g/mol. The number of rotatable bonds is 1. The molecule has 0 atom stereocenters. The Kier molecular flexibility index (Phi) is 3.01. The van der Waals surface area contributed by atoms with E-state index in [1.807, 2.05) is 0 Å². The van der Waals surface area contributed by atoms with E-state index < -0.39 is 0 Å². The lowest BCUT2D eigenvalue weighted by atomic mass is 9.89. The van der Waals surface area contributed by atoms with Crippen molar-refractivity contribution in [3.63, 3.8) is 0 Å². The van der Waals surface area contributed by atoms with Crippen LogP contribution in [0.4, 0.5) is 0 Å². The smallest absolute Gasteiger partial charge is 0.00553 e. The average Bonchev–Trinajstić information content (AvgIpc) is 2.89. The van der Waals surface area contributed by atoms with Crippen molar-refractivity contribution in [3.8, 4) is 11.1 Å². The highest BCUT2D eigenvalue weighted by atomic mass is 14.2. The molecule has 0 heterocycles. The topological polar surface area (TPSA) is 0 Å². The zero-order valence-corrected chi connectivity index (χ0v) is 13.2. The molecule has 0 nitrogen and oxygen atoms in total. The molecule has 0 fully saturated rings. The van der Waals surface area contributed by atoms with E-state index in [1.54, 1.807) is 5.57 Å². The van der Waals surface area contributed by atoms with Crippen molar-refractivity contribution in [1.82, 2.24) is 0 Å². The Labute approximate surface area is 122 Å². The summed E-state index contributed by atoms with van der Waals surface area (Å²) >= 11 is 0. The monoisotopic (exact) mass is 264 g/mol. The molecule has 3 rings (SSSR count). The number of fused-ring (bicyclic) bond motifs is 2. The molecule has 0 aliphatic heterocycles. The molecule has 0 bridgehead atoms. The molecule has 0 aromatic carbocycles. The minimum Gasteiger partial charge on any atom is -0.0626 e. The van der Waals surface area contributed by atoms with Gasteiger partial charge in [-0.25, -0.2) is 0 Å². The molecule has 0 aromatic heterocycles. The fourth-order valence-corrected chi connectivity index (χ4v) is 2.93. The Morgan fingerprint density at radius 3 is 2.30 bits per heavy atom. The highest BCUT2D eigenvalue weighted by Crippen LogP contribution is 2.36. The van der Waals surface area contributed by atoms with Crippen molar-refractivity contribution in [3.05, 3.63) is 52.6 Å². The van der Waals surface area contributed by atoms with Gasteiger partial charge in [0.05, 0.1) is 0 Å². The molecule has 0 heteroatoms. The van der Waals surface area contributed by atoms with Gasteiger partial charge in [0, 0.05) is 0 Å². The third-order valence-corrected chi connectivity index (χ3v) is 4.44. The van der Waals surface area contributed by atoms with Gasteiger partial charge < -0.3 is 0 Å². The third-order valence-electron chi connectivity index (χ3n) is 4.44. The first kappa shape index (κ1) is 13.4. The zero-order chi connectivity index (χ0) is 14.5. The van der Waals surface area contributed by atoms with Crippen LogP contribution in [0.3, 0.4) is 0 Å². The van der Waals surface area contributed by atoms with Crippen molar-refractivity contribution in [2.45, 2.75) is 46.5 Å². The summed E-state index contributed by atoms with van der Waals surface area (Å²) in [5.74, 6) is 0.646. The van der Waals surface area contributed by atoms with Gasteiger partial charge in [0.2, 0.25) is 0 Å². The van der Waals surface area contributed by atoms with Crippen molar-refractivity contribution in [2.24, 2.45) is 5.92 Å². The van der Waals surface area contributed by atoms with E-state index in [0.717, 1.165) is 6.42 Å². The molecule has 0 radical (unpaired) electrons. The molecule has 0 amide bonds. The highest BCUT2D eigenvalue weighted by molar-refractivity contribution is 5.75. The molecule has 3 aliphatic rings. The Balaban J connectivity index is 2.11. The second kappa shape index (κ2) is 4.48. The zero-order valence-electron chi connectivity index (χ0n) is 13.2. The Morgan fingerprint density at radius 2 is 1.65 bits per heavy atom. The first-order valence-electron chi connectivity index (χ1n) is 7.62. The van der Waals surface area contributed by atoms with Crippen LogP contribution in [0.5, 0.6) is 0 Å². The summed E-state index contributed by atoms with van der Waals surface area (Å²) in [6.07, 6.45) is 3.51. The summed E-state index contributed by atoms with van der Waals surface area (Å²) in [6.45, 7) is 11.4. The van der Waals surface area contributed by atoms with Crippen LogP contribution in [0.1, 0.15) is 51.3 Å². The summed E-state index contributed by atoms with van der Waals surface area (Å²) in [7, 11) is 0. The SMILES string of the molecule is CC(C)C1=Cc2cc3cc(C(C)(C)C)cc-3ccc2C1. The Bertz CT molecular complexity index is 651. The molecule has 3 aliphatic carbocycles.